The van der Waals surface area contributed by atoms with E-state index in [4.69, 9.17) is 0 Å². The first-order valence-electron chi connectivity index (χ1n) is 12.3. The predicted octanol–water partition coefficient (Wildman–Crippen LogP) is 5.44. The van der Waals surface area contributed by atoms with E-state index in [1.807, 2.05) is 18.2 Å². The van der Waals surface area contributed by atoms with Crippen LogP contribution in [0.15, 0.2) is 70.8 Å². The number of aromatic nitrogens is 1. The largest absolute Gasteiger partial charge is 0.417 e. The molecule has 3 aromatic rings. The van der Waals surface area contributed by atoms with Crippen molar-refractivity contribution in [1.82, 2.24) is 15.6 Å². The zero-order chi connectivity index (χ0) is 29.3. The lowest BCUT2D eigenvalue weighted by molar-refractivity contribution is -0.137. The molecule has 210 valence electrons. The predicted molar refractivity (Wildman–Crippen MR) is 141 cm³/mol. The molecule has 2 atom stereocenters. The van der Waals surface area contributed by atoms with Crippen LogP contribution in [0.4, 0.5) is 32.6 Å². The maximum atomic E-state index is 13.6. The summed E-state index contributed by atoms with van der Waals surface area (Å²) in [5, 5.41) is 8.08. The van der Waals surface area contributed by atoms with Gasteiger partial charge in [0.2, 0.25) is 0 Å². The Morgan fingerprint density at radius 3 is 2.54 bits per heavy atom. The van der Waals surface area contributed by atoms with Crippen molar-refractivity contribution in [3.05, 3.63) is 100 Å². The zero-order valence-corrected chi connectivity index (χ0v) is 21.3. The Bertz CT molecular complexity index is 1620. The molecule has 0 radical (unpaired) electrons. The van der Waals surface area contributed by atoms with Gasteiger partial charge in [0.15, 0.2) is 17.5 Å². The van der Waals surface area contributed by atoms with Crippen LogP contribution in [0, 0.1) is 11.6 Å². The lowest BCUT2D eigenvalue weighted by Crippen LogP contribution is -2.31. The van der Waals surface area contributed by atoms with Gasteiger partial charge in [-0.15, -0.1) is 0 Å². The first-order valence-corrected chi connectivity index (χ1v) is 12.3. The molecule has 2 aromatic carbocycles. The van der Waals surface area contributed by atoms with Gasteiger partial charge >= 0.3 is 12.2 Å². The van der Waals surface area contributed by atoms with E-state index >= 15 is 0 Å². The Kier molecular flexibility index (Phi) is 7.35. The molecular formula is C28H21F5N6O2. The summed E-state index contributed by atoms with van der Waals surface area (Å²) >= 11 is 0. The van der Waals surface area contributed by atoms with Crippen molar-refractivity contribution in [1.29, 1.82) is 0 Å². The molecular weight excluding hydrogens is 547 g/mol. The first-order chi connectivity index (χ1) is 19.5. The number of carbonyl (C=O) groups excluding carboxylic acids is 2. The minimum absolute atomic E-state index is 0.0945. The van der Waals surface area contributed by atoms with Crippen molar-refractivity contribution in [3.8, 4) is 0 Å². The molecule has 8 nitrogen and oxygen atoms in total. The summed E-state index contributed by atoms with van der Waals surface area (Å²) < 4.78 is 67.1. The van der Waals surface area contributed by atoms with E-state index in [1.54, 1.807) is 18.3 Å². The van der Waals surface area contributed by atoms with Crippen LogP contribution >= 0.6 is 0 Å². The normalized spacial score (nSPS) is 16.8. The van der Waals surface area contributed by atoms with Crippen molar-refractivity contribution >= 4 is 35.4 Å². The average Bonchev–Trinajstić information content (AvgIpc) is 3.32. The number of nitrogens with one attached hydrogen (secondary N) is 3. The third-order valence-corrected chi connectivity index (χ3v) is 6.45. The number of fused-ring (bicyclic) bond motifs is 1. The number of nitrogens with zero attached hydrogens (tertiary/aromatic N) is 3. The molecule has 0 bridgehead atoms. The summed E-state index contributed by atoms with van der Waals surface area (Å²) in [7, 11) is 0. The Hall–Kier alpha value is -4.94. The van der Waals surface area contributed by atoms with Crippen LogP contribution in [-0.2, 0) is 12.7 Å². The fraction of sp³-hybridized carbons (Fsp3) is 0.179. The van der Waals surface area contributed by atoms with E-state index < -0.39 is 47.4 Å². The first kappa shape index (κ1) is 27.6. The number of urea groups is 1. The van der Waals surface area contributed by atoms with Gasteiger partial charge < -0.3 is 16.0 Å². The number of allylic oxidation sites excluding steroid dienone is 1. The molecule has 2 aliphatic heterocycles. The number of pyridine rings is 1. The number of rotatable bonds is 7. The number of alkyl halides is 3. The third kappa shape index (κ3) is 6.13. The lowest BCUT2D eigenvalue weighted by atomic mass is 10.0. The average molecular weight is 569 g/mol. The maximum Gasteiger partial charge on any atom is 0.417 e. The second-order valence-corrected chi connectivity index (χ2v) is 9.31. The second kappa shape index (κ2) is 10.9. The Morgan fingerprint density at radius 2 is 1.83 bits per heavy atom. The quantitative estimate of drug-likeness (QED) is 0.330. The van der Waals surface area contributed by atoms with Gasteiger partial charge in [-0.3, -0.25) is 4.79 Å². The van der Waals surface area contributed by atoms with E-state index in [1.165, 1.54) is 13.0 Å². The third-order valence-electron chi connectivity index (χ3n) is 6.45. The molecule has 2 aliphatic rings. The minimum atomic E-state index is -4.74. The number of amidine groups is 1. The molecule has 3 heterocycles. The number of hydrogen-bond acceptors (Lipinski definition) is 5. The Balaban J connectivity index is 1.31. The number of benzene rings is 2. The monoisotopic (exact) mass is 568 g/mol. The van der Waals surface area contributed by atoms with E-state index in [2.05, 4.69) is 30.9 Å². The highest BCUT2D eigenvalue weighted by Crippen LogP contribution is 2.31. The van der Waals surface area contributed by atoms with Crippen molar-refractivity contribution in [2.45, 2.75) is 31.7 Å². The topological polar surface area (TPSA) is 108 Å². The number of halogens is 5. The van der Waals surface area contributed by atoms with Gasteiger partial charge in [-0.2, -0.15) is 18.2 Å². The number of carbonyl (C=O) groups is 2. The number of hydrogen-bond donors (Lipinski definition) is 3. The molecule has 1 aromatic heterocycles. The smallest absolute Gasteiger partial charge is 0.365 e. The molecule has 3 amide bonds. The molecule has 13 heteroatoms. The summed E-state index contributed by atoms with van der Waals surface area (Å²) in [6, 6.07) is 9.23. The van der Waals surface area contributed by atoms with Crippen molar-refractivity contribution < 1.29 is 31.5 Å². The van der Waals surface area contributed by atoms with Crippen LogP contribution in [0.25, 0.3) is 5.57 Å². The zero-order valence-electron chi connectivity index (χ0n) is 21.3. The fourth-order valence-corrected chi connectivity index (χ4v) is 4.23. The van der Waals surface area contributed by atoms with Crippen molar-refractivity contribution in [3.63, 3.8) is 0 Å². The van der Waals surface area contributed by atoms with Crippen LogP contribution < -0.4 is 16.0 Å². The minimum Gasteiger partial charge on any atom is -0.365 e. The Morgan fingerprint density at radius 1 is 1.07 bits per heavy atom. The van der Waals surface area contributed by atoms with Gasteiger partial charge in [0.05, 0.1) is 17.2 Å². The van der Waals surface area contributed by atoms with Gasteiger partial charge in [0.1, 0.15) is 11.9 Å². The molecule has 3 N–H and O–H groups in total. The molecule has 0 fully saturated rings. The van der Waals surface area contributed by atoms with Crippen LogP contribution in [-0.4, -0.2) is 35.0 Å². The van der Waals surface area contributed by atoms with Gasteiger partial charge in [-0.1, -0.05) is 30.3 Å². The summed E-state index contributed by atoms with van der Waals surface area (Å²) in [6.45, 7) is 1.61. The fourth-order valence-electron chi connectivity index (χ4n) is 4.23. The standard InChI is InChI=1S/C28H21F5N6O2/c1-14(17-6-7-21(29)22(30)8-17)37-26(40)20-10-19(28(31,32)33)13-36-24(20)34-11-15-2-4-16(5-3-15)18-9-23-25(35-12-18)39-27(41)38-23/h2-10,12-14,23H,11H2,1H3,(H,34,36)(H,37,40)(H,38,41)/t14-,23?/m0/s1. The molecule has 41 heavy (non-hydrogen) atoms. The second-order valence-electron chi connectivity index (χ2n) is 9.31. The molecule has 5 rings (SSSR count). The number of amides is 3. The van der Waals surface area contributed by atoms with Gasteiger partial charge in [-0.05, 0) is 53.5 Å². The molecule has 0 spiro atoms. The van der Waals surface area contributed by atoms with Crippen LogP contribution in [0.1, 0.15) is 45.6 Å². The maximum absolute atomic E-state index is 13.6. The highest BCUT2D eigenvalue weighted by Gasteiger charge is 2.33. The van der Waals surface area contributed by atoms with Crippen LogP contribution in [0.2, 0.25) is 0 Å². The highest BCUT2D eigenvalue weighted by molar-refractivity contribution is 6.21. The number of dihydropyridines is 1. The van der Waals surface area contributed by atoms with Gasteiger partial charge in [0.25, 0.3) is 5.91 Å². The van der Waals surface area contributed by atoms with Gasteiger partial charge in [-0.25, -0.2) is 23.6 Å². The number of anilines is 1. The molecule has 1 unspecified atom stereocenters. The van der Waals surface area contributed by atoms with Crippen LogP contribution in [0.3, 0.4) is 0 Å². The van der Waals surface area contributed by atoms with E-state index in [0.29, 0.717) is 18.1 Å². The molecule has 0 saturated carbocycles. The highest BCUT2D eigenvalue weighted by atomic mass is 19.4. The van der Waals surface area contributed by atoms with E-state index in [9.17, 15) is 31.5 Å². The van der Waals surface area contributed by atoms with Crippen molar-refractivity contribution in [2.75, 3.05) is 5.32 Å². The van der Waals surface area contributed by atoms with E-state index in [-0.39, 0.29) is 23.5 Å². The van der Waals surface area contributed by atoms with E-state index in [0.717, 1.165) is 28.8 Å². The number of aliphatic imine (C=N–C) groups is 2. The lowest BCUT2D eigenvalue weighted by Gasteiger charge is -2.18. The van der Waals surface area contributed by atoms with Crippen molar-refractivity contribution in [2.24, 2.45) is 9.98 Å². The SMILES string of the molecule is C[C@H](NC(=O)c1cc(C(F)(F)F)cnc1NCc1ccc(C2=CC3NC(=O)N=C3N=C2)cc1)c1ccc(F)c(F)c1. The molecule has 0 saturated heterocycles. The summed E-state index contributed by atoms with van der Waals surface area (Å²) in [4.78, 5) is 36.3. The summed E-state index contributed by atoms with van der Waals surface area (Å²) in [6.07, 6.45) is -0.702. The summed E-state index contributed by atoms with van der Waals surface area (Å²) in [5.41, 5.74) is 1.06. The Labute approximate surface area is 230 Å². The van der Waals surface area contributed by atoms with Gasteiger partial charge in [0, 0.05) is 19.0 Å². The molecule has 0 aliphatic carbocycles. The van der Waals surface area contributed by atoms with Crippen LogP contribution in [0.5, 0.6) is 0 Å². The summed E-state index contributed by atoms with van der Waals surface area (Å²) in [5.74, 6) is -2.77.